The Morgan fingerprint density at radius 3 is 2.58 bits per heavy atom. The summed E-state index contributed by atoms with van der Waals surface area (Å²) in [5.41, 5.74) is 0.214. The fourth-order valence-electron chi connectivity index (χ4n) is 3.28. The van der Waals surface area contributed by atoms with Crippen LogP contribution in [0.2, 0.25) is 0 Å². The van der Waals surface area contributed by atoms with E-state index in [-0.39, 0.29) is 17.3 Å². The lowest BCUT2D eigenvalue weighted by atomic mass is 9.79. The van der Waals surface area contributed by atoms with Crippen LogP contribution in [0.15, 0.2) is 22.7 Å². The van der Waals surface area contributed by atoms with Crippen molar-refractivity contribution in [3.8, 4) is 5.75 Å². The van der Waals surface area contributed by atoms with Crippen molar-refractivity contribution in [3.63, 3.8) is 0 Å². The lowest BCUT2D eigenvalue weighted by molar-refractivity contribution is 0.00578. The third-order valence-electron chi connectivity index (χ3n) is 5.62. The van der Waals surface area contributed by atoms with Gasteiger partial charge in [0.05, 0.1) is 28.4 Å². The van der Waals surface area contributed by atoms with Gasteiger partial charge in [-0.2, -0.15) is 0 Å². The number of aliphatic hydroxyl groups is 1. The van der Waals surface area contributed by atoms with E-state index >= 15 is 0 Å². The van der Waals surface area contributed by atoms with Gasteiger partial charge < -0.3 is 24.1 Å². The van der Waals surface area contributed by atoms with Gasteiger partial charge in [0.1, 0.15) is 5.75 Å². The summed E-state index contributed by atoms with van der Waals surface area (Å²) in [7, 11) is -0.413. The zero-order valence-corrected chi connectivity index (χ0v) is 17.7. The molecule has 0 radical (unpaired) electrons. The molecule has 0 spiro atoms. The maximum absolute atomic E-state index is 9.58. The first kappa shape index (κ1) is 20.1. The van der Waals surface area contributed by atoms with Crippen molar-refractivity contribution < 1.29 is 19.2 Å². The second-order valence-corrected chi connectivity index (χ2v) is 8.99. The fraction of sp³-hybridized carbons (Fsp3) is 0.684. The average Bonchev–Trinajstić information content (AvgIpc) is 3.05. The van der Waals surface area contributed by atoms with Crippen molar-refractivity contribution in [3.05, 3.63) is 22.7 Å². The predicted octanol–water partition coefficient (Wildman–Crippen LogP) is 2.58. The second-order valence-electron chi connectivity index (χ2n) is 8.19. The molecule has 5 nitrogen and oxygen atoms in total. The Morgan fingerprint density at radius 2 is 1.96 bits per heavy atom. The topological polar surface area (TPSA) is 51.2 Å². The molecule has 0 aliphatic carbocycles. The zero-order chi connectivity index (χ0) is 18.9. The quantitative estimate of drug-likeness (QED) is 0.560. The van der Waals surface area contributed by atoms with Gasteiger partial charge >= 0.3 is 7.12 Å². The number of ether oxygens (including phenoxy) is 1. The van der Waals surface area contributed by atoms with Crippen LogP contribution in [0.25, 0.3) is 0 Å². The number of hydrogen-bond donors (Lipinski definition) is 1. The molecule has 2 aliphatic heterocycles. The lowest BCUT2D eigenvalue weighted by Crippen LogP contribution is -2.41. The van der Waals surface area contributed by atoms with Gasteiger partial charge in [0.15, 0.2) is 0 Å². The number of benzene rings is 1. The molecule has 1 N–H and O–H groups in total. The summed E-state index contributed by atoms with van der Waals surface area (Å²) in [6.07, 6.45) is 1.64. The van der Waals surface area contributed by atoms with Crippen LogP contribution in [0.4, 0.5) is 0 Å². The van der Waals surface area contributed by atoms with Gasteiger partial charge in [0, 0.05) is 25.1 Å². The van der Waals surface area contributed by atoms with E-state index in [1.807, 2.05) is 18.2 Å². The number of rotatable bonds is 6. The van der Waals surface area contributed by atoms with E-state index in [0.29, 0.717) is 6.61 Å². The summed E-state index contributed by atoms with van der Waals surface area (Å²) in [5, 5.41) is 9.58. The molecule has 3 rings (SSSR count). The van der Waals surface area contributed by atoms with E-state index in [0.717, 1.165) is 48.2 Å². The van der Waals surface area contributed by atoms with Crippen LogP contribution < -0.4 is 10.2 Å². The van der Waals surface area contributed by atoms with Gasteiger partial charge in [-0.05, 0) is 62.5 Å². The maximum atomic E-state index is 9.58. The minimum atomic E-state index is -0.413. The highest BCUT2D eigenvalue weighted by Crippen LogP contribution is 2.37. The Labute approximate surface area is 165 Å². The molecule has 7 heteroatoms. The maximum Gasteiger partial charge on any atom is 0.496 e. The molecule has 0 aromatic heterocycles. The van der Waals surface area contributed by atoms with E-state index in [9.17, 15) is 5.11 Å². The summed E-state index contributed by atoms with van der Waals surface area (Å²) in [6.45, 7) is 11.5. The Bertz CT molecular complexity index is 624. The number of nitrogens with zero attached hydrogens (tertiary/aromatic N) is 1. The molecular formula is C19H29BBrNO4. The summed E-state index contributed by atoms with van der Waals surface area (Å²) in [6, 6.07) is 5.93. The van der Waals surface area contributed by atoms with Crippen LogP contribution in [-0.4, -0.2) is 60.7 Å². The van der Waals surface area contributed by atoms with E-state index in [1.54, 1.807) is 0 Å². The monoisotopic (exact) mass is 425 g/mol. The molecule has 26 heavy (non-hydrogen) atoms. The van der Waals surface area contributed by atoms with Gasteiger partial charge in [-0.3, -0.25) is 0 Å². The van der Waals surface area contributed by atoms with Crippen molar-refractivity contribution in [1.29, 1.82) is 0 Å². The Kier molecular flexibility index (Phi) is 6.04. The molecule has 0 bridgehead atoms. The van der Waals surface area contributed by atoms with Gasteiger partial charge in [0.25, 0.3) is 0 Å². The van der Waals surface area contributed by atoms with E-state index in [1.165, 1.54) is 0 Å². The van der Waals surface area contributed by atoms with Crippen LogP contribution in [0, 0.1) is 0 Å². The van der Waals surface area contributed by atoms with E-state index < -0.39 is 7.12 Å². The summed E-state index contributed by atoms with van der Waals surface area (Å²) < 4.78 is 19.2. The lowest BCUT2D eigenvalue weighted by Gasteiger charge is -2.32. The molecule has 2 fully saturated rings. The van der Waals surface area contributed by atoms with Crippen molar-refractivity contribution >= 4 is 28.5 Å². The van der Waals surface area contributed by atoms with Crippen molar-refractivity contribution in [1.82, 2.24) is 4.90 Å². The molecule has 0 amide bonds. The molecular weight excluding hydrogens is 397 g/mol. The standard InChI is InChI=1S/C19H29BBrNO4/c1-18(2)19(3,4)26-20(25-18)15-7-5-8-16(17(15)21)24-12-6-10-22-11-9-14(23)13-22/h5,7-8,14,23H,6,9-13H2,1-4H3/t14-/m1/s1. The molecule has 0 unspecified atom stereocenters. The first-order chi connectivity index (χ1) is 12.2. The van der Waals surface area contributed by atoms with Crippen molar-refractivity contribution in [2.24, 2.45) is 0 Å². The molecule has 1 aromatic carbocycles. The fourth-order valence-corrected chi connectivity index (χ4v) is 3.84. The predicted molar refractivity (Wildman–Crippen MR) is 107 cm³/mol. The summed E-state index contributed by atoms with van der Waals surface area (Å²) in [5.74, 6) is 0.804. The molecule has 0 saturated carbocycles. The smallest absolute Gasteiger partial charge is 0.492 e. The average molecular weight is 426 g/mol. The Morgan fingerprint density at radius 1 is 1.27 bits per heavy atom. The zero-order valence-electron chi connectivity index (χ0n) is 16.1. The SMILES string of the molecule is CC1(C)OB(c2cccc(OCCCN3CC[C@@H](O)C3)c2Br)OC1(C)C. The second kappa shape index (κ2) is 7.80. The molecule has 2 aliphatic rings. The third kappa shape index (κ3) is 4.28. The van der Waals surface area contributed by atoms with Gasteiger partial charge in [0.2, 0.25) is 0 Å². The first-order valence-electron chi connectivity index (χ1n) is 9.37. The minimum absolute atomic E-state index is 0.165. The van der Waals surface area contributed by atoms with Crippen molar-refractivity contribution in [2.45, 2.75) is 57.8 Å². The van der Waals surface area contributed by atoms with Crippen LogP contribution in [0.5, 0.6) is 5.75 Å². The van der Waals surface area contributed by atoms with Crippen LogP contribution in [-0.2, 0) is 9.31 Å². The van der Waals surface area contributed by atoms with Gasteiger partial charge in [-0.1, -0.05) is 12.1 Å². The van der Waals surface area contributed by atoms with Crippen LogP contribution >= 0.6 is 15.9 Å². The van der Waals surface area contributed by atoms with Crippen LogP contribution in [0.3, 0.4) is 0 Å². The largest absolute Gasteiger partial charge is 0.496 e. The van der Waals surface area contributed by atoms with Gasteiger partial charge in [-0.15, -0.1) is 0 Å². The Balaban J connectivity index is 1.58. The van der Waals surface area contributed by atoms with E-state index in [4.69, 9.17) is 14.0 Å². The highest BCUT2D eigenvalue weighted by Gasteiger charge is 2.52. The van der Waals surface area contributed by atoms with Crippen LogP contribution in [0.1, 0.15) is 40.5 Å². The summed E-state index contributed by atoms with van der Waals surface area (Å²) >= 11 is 3.66. The van der Waals surface area contributed by atoms with Crippen molar-refractivity contribution in [2.75, 3.05) is 26.2 Å². The molecule has 2 heterocycles. The number of halogens is 1. The molecule has 144 valence electrons. The molecule has 1 atom stereocenters. The number of likely N-dealkylation sites (tertiary alicyclic amines) is 1. The summed E-state index contributed by atoms with van der Waals surface area (Å²) in [4.78, 5) is 2.28. The Hall–Kier alpha value is -0.595. The van der Waals surface area contributed by atoms with E-state index in [2.05, 4.69) is 48.5 Å². The van der Waals surface area contributed by atoms with Gasteiger partial charge in [-0.25, -0.2) is 0 Å². The minimum Gasteiger partial charge on any atom is -0.492 e. The normalized spacial score (nSPS) is 25.0. The third-order valence-corrected chi connectivity index (χ3v) is 6.47. The number of hydrogen-bond acceptors (Lipinski definition) is 5. The number of β-amino-alcohol motifs (C(OH)–C–C–N with tert-alkyl or cyclic N) is 1. The molecule has 2 saturated heterocycles. The first-order valence-corrected chi connectivity index (χ1v) is 10.2. The highest BCUT2D eigenvalue weighted by atomic mass is 79.9. The number of aliphatic hydroxyl groups excluding tert-OH is 1. The highest BCUT2D eigenvalue weighted by molar-refractivity contribution is 9.10. The molecule has 1 aromatic rings.